The minimum absolute atomic E-state index is 0.0281. The first kappa shape index (κ1) is 24.8. The molecule has 7 heteroatoms. The molecular weight excluding hydrogens is 442 g/mol. The highest BCUT2D eigenvalue weighted by molar-refractivity contribution is 6.30. The molecule has 0 saturated carbocycles. The molecule has 2 aromatic carbocycles. The van der Waals surface area contributed by atoms with Crippen molar-refractivity contribution in [1.82, 2.24) is 4.90 Å². The van der Waals surface area contributed by atoms with E-state index in [0.717, 1.165) is 25.7 Å². The molecule has 3 rings (SSSR count). The lowest BCUT2D eigenvalue weighted by Crippen LogP contribution is -2.32. The quantitative estimate of drug-likeness (QED) is 0.304. The maximum atomic E-state index is 12.3. The van der Waals surface area contributed by atoms with Crippen LogP contribution in [-0.2, 0) is 9.59 Å². The van der Waals surface area contributed by atoms with Gasteiger partial charge in [-0.2, -0.15) is 0 Å². The van der Waals surface area contributed by atoms with Crippen molar-refractivity contribution in [3.63, 3.8) is 0 Å². The predicted octanol–water partition coefficient (Wildman–Crippen LogP) is 5.75. The second-order valence-electron chi connectivity index (χ2n) is 8.21. The van der Waals surface area contributed by atoms with Gasteiger partial charge in [-0.1, -0.05) is 48.7 Å². The van der Waals surface area contributed by atoms with Crippen molar-refractivity contribution < 1.29 is 24.5 Å². The molecule has 1 aliphatic heterocycles. The van der Waals surface area contributed by atoms with Crippen LogP contribution in [0.25, 0.3) is 0 Å². The number of carbonyl (C=O) groups excluding carboxylic acids is 1. The normalized spacial score (nSPS) is 17.0. The van der Waals surface area contributed by atoms with Crippen LogP contribution in [0.1, 0.15) is 56.6 Å². The number of rotatable bonds is 12. The SMILES string of the molecule is O=C(O)CCCCCCN1C(=O)CC[C@@H]1C=CC(O)c1cccc(Oc2ccc(Cl)cc2)c1. The Labute approximate surface area is 199 Å². The largest absolute Gasteiger partial charge is 0.481 e. The molecule has 2 N–H and O–H groups in total. The van der Waals surface area contributed by atoms with Gasteiger partial charge in [-0.15, -0.1) is 0 Å². The van der Waals surface area contributed by atoms with Gasteiger partial charge in [0.25, 0.3) is 0 Å². The van der Waals surface area contributed by atoms with Gasteiger partial charge in [-0.05, 0) is 61.2 Å². The van der Waals surface area contributed by atoms with E-state index in [-0.39, 0.29) is 18.4 Å². The summed E-state index contributed by atoms with van der Waals surface area (Å²) in [5, 5.41) is 20.0. The maximum absolute atomic E-state index is 12.3. The molecule has 33 heavy (non-hydrogen) atoms. The highest BCUT2D eigenvalue weighted by atomic mass is 35.5. The summed E-state index contributed by atoms with van der Waals surface area (Å²) in [5.41, 5.74) is 0.701. The summed E-state index contributed by atoms with van der Waals surface area (Å²) in [5.74, 6) is 0.631. The van der Waals surface area contributed by atoms with Crippen LogP contribution in [0.4, 0.5) is 0 Å². The molecule has 1 amide bonds. The molecular formula is C26H30ClNO5. The number of carbonyl (C=O) groups is 2. The molecule has 0 bridgehead atoms. The van der Waals surface area contributed by atoms with E-state index in [0.29, 0.717) is 41.5 Å². The number of halogens is 1. The third kappa shape index (κ3) is 7.91. The van der Waals surface area contributed by atoms with Crippen molar-refractivity contribution in [2.75, 3.05) is 6.54 Å². The maximum Gasteiger partial charge on any atom is 0.303 e. The van der Waals surface area contributed by atoms with E-state index in [9.17, 15) is 14.7 Å². The van der Waals surface area contributed by atoms with Crippen LogP contribution in [0.5, 0.6) is 11.5 Å². The molecule has 176 valence electrons. The van der Waals surface area contributed by atoms with Gasteiger partial charge in [0.2, 0.25) is 5.91 Å². The lowest BCUT2D eigenvalue weighted by atomic mass is 10.1. The van der Waals surface area contributed by atoms with E-state index in [1.165, 1.54) is 0 Å². The van der Waals surface area contributed by atoms with Crippen LogP contribution < -0.4 is 4.74 Å². The predicted molar refractivity (Wildman–Crippen MR) is 128 cm³/mol. The van der Waals surface area contributed by atoms with Gasteiger partial charge < -0.3 is 19.8 Å². The fraction of sp³-hybridized carbons (Fsp3) is 0.385. The van der Waals surface area contributed by atoms with Crippen molar-refractivity contribution in [2.45, 2.75) is 57.1 Å². The summed E-state index contributed by atoms with van der Waals surface area (Å²) in [4.78, 5) is 24.7. The standard InChI is InChI=1S/C26H30ClNO5/c27-20-9-13-22(14-10-20)33-23-7-5-6-19(18-23)24(29)15-11-21-12-16-25(30)28(21)17-4-2-1-3-8-26(31)32/h5-7,9-11,13-15,18,21,24,29H,1-4,8,12,16-17H2,(H,31,32)/t21-,24?/m0/s1. The first-order chi connectivity index (χ1) is 15.9. The number of unbranched alkanes of at least 4 members (excludes halogenated alkanes) is 3. The second-order valence-corrected chi connectivity index (χ2v) is 8.65. The fourth-order valence-corrected chi connectivity index (χ4v) is 4.03. The monoisotopic (exact) mass is 471 g/mol. The first-order valence-electron chi connectivity index (χ1n) is 11.3. The first-order valence-corrected chi connectivity index (χ1v) is 11.7. The van der Waals surface area contributed by atoms with Crippen molar-refractivity contribution in [2.24, 2.45) is 0 Å². The average molecular weight is 472 g/mol. The Kier molecular flexibility index (Phi) is 9.34. The Morgan fingerprint density at radius 3 is 2.64 bits per heavy atom. The summed E-state index contributed by atoms with van der Waals surface area (Å²) in [6, 6.07) is 14.3. The van der Waals surface area contributed by atoms with Gasteiger partial charge in [0.1, 0.15) is 11.5 Å². The molecule has 2 atom stereocenters. The molecule has 1 saturated heterocycles. The average Bonchev–Trinajstić information content (AvgIpc) is 3.15. The summed E-state index contributed by atoms with van der Waals surface area (Å²) in [6.45, 7) is 0.654. The number of likely N-dealkylation sites (tertiary alicyclic amines) is 1. The number of amides is 1. The summed E-state index contributed by atoms with van der Waals surface area (Å²) in [7, 11) is 0. The fourth-order valence-electron chi connectivity index (χ4n) is 3.90. The van der Waals surface area contributed by atoms with Gasteiger partial charge in [0.05, 0.1) is 12.1 Å². The van der Waals surface area contributed by atoms with Gasteiger partial charge >= 0.3 is 5.97 Å². The van der Waals surface area contributed by atoms with E-state index in [4.69, 9.17) is 21.4 Å². The number of nitrogens with zero attached hydrogens (tertiary/aromatic N) is 1. The lowest BCUT2D eigenvalue weighted by molar-refractivity contribution is -0.137. The molecule has 0 aliphatic carbocycles. The molecule has 1 fully saturated rings. The Morgan fingerprint density at radius 2 is 1.88 bits per heavy atom. The zero-order valence-corrected chi connectivity index (χ0v) is 19.3. The van der Waals surface area contributed by atoms with Crippen molar-refractivity contribution in [1.29, 1.82) is 0 Å². The number of benzene rings is 2. The highest BCUT2D eigenvalue weighted by Gasteiger charge is 2.28. The molecule has 0 aromatic heterocycles. The number of hydrogen-bond donors (Lipinski definition) is 2. The number of carboxylic acids is 1. The topological polar surface area (TPSA) is 87.1 Å². The van der Waals surface area contributed by atoms with Crippen LogP contribution in [0.3, 0.4) is 0 Å². The molecule has 0 spiro atoms. The molecule has 6 nitrogen and oxygen atoms in total. The minimum atomic E-state index is -0.813. The number of aliphatic carboxylic acids is 1. The second kappa shape index (κ2) is 12.4. The van der Waals surface area contributed by atoms with Gasteiger partial charge in [0, 0.05) is 24.4 Å². The van der Waals surface area contributed by atoms with Crippen molar-refractivity contribution in [3.05, 3.63) is 71.3 Å². The minimum Gasteiger partial charge on any atom is -0.481 e. The van der Waals surface area contributed by atoms with Crippen molar-refractivity contribution >= 4 is 23.5 Å². The van der Waals surface area contributed by atoms with E-state index >= 15 is 0 Å². The highest BCUT2D eigenvalue weighted by Crippen LogP contribution is 2.27. The van der Waals surface area contributed by atoms with Gasteiger partial charge in [-0.3, -0.25) is 9.59 Å². The Morgan fingerprint density at radius 1 is 1.12 bits per heavy atom. The Bertz CT molecular complexity index is 959. The van der Waals surface area contributed by atoms with Crippen LogP contribution in [0.2, 0.25) is 5.02 Å². The van der Waals surface area contributed by atoms with Gasteiger partial charge in [-0.25, -0.2) is 0 Å². The Hall–Kier alpha value is -2.83. The number of carboxylic acid groups (broad SMARTS) is 1. The number of ether oxygens (including phenoxy) is 1. The summed E-state index contributed by atoms with van der Waals surface area (Å²) >= 11 is 5.91. The number of hydrogen-bond acceptors (Lipinski definition) is 4. The van der Waals surface area contributed by atoms with E-state index < -0.39 is 12.1 Å². The summed E-state index contributed by atoms with van der Waals surface area (Å²) in [6.07, 6.45) is 7.53. The van der Waals surface area contributed by atoms with Crippen molar-refractivity contribution in [3.8, 4) is 11.5 Å². The third-order valence-electron chi connectivity index (χ3n) is 5.68. The molecule has 0 radical (unpaired) electrons. The zero-order chi connectivity index (χ0) is 23.6. The van der Waals surface area contributed by atoms with Crippen LogP contribution in [0, 0.1) is 0 Å². The number of aliphatic hydroxyl groups is 1. The van der Waals surface area contributed by atoms with E-state index in [2.05, 4.69) is 0 Å². The van der Waals surface area contributed by atoms with Crippen LogP contribution in [-0.4, -0.2) is 39.6 Å². The van der Waals surface area contributed by atoms with Gasteiger partial charge in [0.15, 0.2) is 0 Å². The molecule has 1 heterocycles. The molecule has 2 aromatic rings. The number of aliphatic hydroxyl groups excluding tert-OH is 1. The molecule has 1 aliphatic rings. The smallest absolute Gasteiger partial charge is 0.303 e. The van der Waals surface area contributed by atoms with Crippen LogP contribution >= 0.6 is 11.6 Å². The molecule has 1 unspecified atom stereocenters. The van der Waals surface area contributed by atoms with Crippen LogP contribution in [0.15, 0.2) is 60.7 Å². The zero-order valence-electron chi connectivity index (χ0n) is 18.5. The van der Waals surface area contributed by atoms with E-state index in [1.54, 1.807) is 36.4 Å². The third-order valence-corrected chi connectivity index (χ3v) is 5.93. The Balaban J connectivity index is 1.53. The van der Waals surface area contributed by atoms with E-state index in [1.807, 2.05) is 29.2 Å². The summed E-state index contributed by atoms with van der Waals surface area (Å²) < 4.78 is 5.84. The lowest BCUT2D eigenvalue weighted by Gasteiger charge is -2.22.